The van der Waals surface area contributed by atoms with Crippen LogP contribution in [-0.2, 0) is 23.6 Å². The van der Waals surface area contributed by atoms with E-state index in [9.17, 15) is 8.42 Å². The molecule has 1 aromatic carbocycles. The fourth-order valence-corrected chi connectivity index (χ4v) is 3.57. The molecule has 0 saturated carbocycles. The maximum Gasteiger partial charge on any atom is 0.243 e. The molecule has 0 amide bonds. The zero-order chi connectivity index (χ0) is 14.6. The molecule has 0 unspecified atom stereocenters. The van der Waals surface area contributed by atoms with Gasteiger partial charge in [-0.1, -0.05) is 25.1 Å². The predicted molar refractivity (Wildman–Crippen MR) is 77.5 cm³/mol. The molecule has 0 aliphatic rings. The van der Waals surface area contributed by atoms with Gasteiger partial charge >= 0.3 is 0 Å². The van der Waals surface area contributed by atoms with Gasteiger partial charge in [0.15, 0.2) is 0 Å². The van der Waals surface area contributed by atoms with Crippen LogP contribution in [0.1, 0.15) is 18.9 Å². The second-order valence-electron chi connectivity index (χ2n) is 4.67. The first-order valence-corrected chi connectivity index (χ1v) is 8.00. The normalized spacial score (nSPS) is 11.9. The van der Waals surface area contributed by atoms with Crippen LogP contribution >= 0.6 is 0 Å². The van der Waals surface area contributed by atoms with Crippen LogP contribution in [0.15, 0.2) is 47.6 Å². The highest BCUT2D eigenvalue weighted by atomic mass is 32.2. The summed E-state index contributed by atoms with van der Waals surface area (Å²) in [6.45, 7) is 2.81. The molecule has 1 heterocycles. The smallest absolute Gasteiger partial charge is 0.243 e. The first-order valence-electron chi connectivity index (χ1n) is 6.56. The molecule has 108 valence electrons. The van der Waals surface area contributed by atoms with Crippen molar-refractivity contribution in [1.82, 2.24) is 14.1 Å². The highest BCUT2D eigenvalue weighted by Crippen LogP contribution is 2.18. The fraction of sp³-hybridized carbons (Fsp3) is 0.357. The van der Waals surface area contributed by atoms with Gasteiger partial charge in [0.05, 0.1) is 11.1 Å². The van der Waals surface area contributed by atoms with Crippen molar-refractivity contribution in [3.63, 3.8) is 0 Å². The maximum absolute atomic E-state index is 12.6. The first kappa shape index (κ1) is 14.7. The van der Waals surface area contributed by atoms with Crippen molar-refractivity contribution in [2.45, 2.75) is 24.8 Å². The second kappa shape index (κ2) is 6.19. The Hall–Kier alpha value is -1.66. The van der Waals surface area contributed by atoms with Crippen LogP contribution in [0.3, 0.4) is 0 Å². The number of aromatic nitrogens is 2. The van der Waals surface area contributed by atoms with Gasteiger partial charge in [-0.2, -0.15) is 9.40 Å². The molecule has 0 saturated heterocycles. The lowest BCUT2D eigenvalue weighted by atomic mass is 10.3. The Bertz CT molecular complexity index is 650. The van der Waals surface area contributed by atoms with E-state index < -0.39 is 10.0 Å². The third-order valence-electron chi connectivity index (χ3n) is 2.97. The number of sulfonamides is 1. The van der Waals surface area contributed by atoms with Gasteiger partial charge in [0.25, 0.3) is 0 Å². The van der Waals surface area contributed by atoms with E-state index in [4.69, 9.17) is 0 Å². The third kappa shape index (κ3) is 3.26. The number of rotatable bonds is 6. The molecule has 0 aliphatic heterocycles. The van der Waals surface area contributed by atoms with Crippen LogP contribution in [0.25, 0.3) is 0 Å². The van der Waals surface area contributed by atoms with Crippen molar-refractivity contribution in [2.24, 2.45) is 7.05 Å². The van der Waals surface area contributed by atoms with Gasteiger partial charge in [-0.15, -0.1) is 0 Å². The van der Waals surface area contributed by atoms with Crippen molar-refractivity contribution in [2.75, 3.05) is 6.54 Å². The SMILES string of the molecule is CCCN(Cc1cnn(C)c1)S(=O)(=O)c1ccccc1. The Morgan fingerprint density at radius 1 is 1.25 bits per heavy atom. The molecule has 0 bridgehead atoms. The Balaban J connectivity index is 2.28. The summed E-state index contributed by atoms with van der Waals surface area (Å²) in [6.07, 6.45) is 4.30. The van der Waals surface area contributed by atoms with Crippen LogP contribution in [0.5, 0.6) is 0 Å². The summed E-state index contributed by atoms with van der Waals surface area (Å²) in [7, 11) is -1.64. The summed E-state index contributed by atoms with van der Waals surface area (Å²) in [6, 6.07) is 8.54. The number of nitrogens with zero attached hydrogens (tertiary/aromatic N) is 3. The van der Waals surface area contributed by atoms with E-state index in [1.54, 1.807) is 35.1 Å². The largest absolute Gasteiger partial charge is 0.275 e. The minimum Gasteiger partial charge on any atom is -0.275 e. The minimum atomic E-state index is -3.46. The van der Waals surface area contributed by atoms with Crippen molar-refractivity contribution in [1.29, 1.82) is 0 Å². The molecule has 0 spiro atoms. The van der Waals surface area contributed by atoms with E-state index in [1.807, 2.05) is 26.2 Å². The molecule has 0 aliphatic carbocycles. The van der Waals surface area contributed by atoms with Gasteiger partial charge in [-0.25, -0.2) is 8.42 Å². The number of aryl methyl sites for hydroxylation is 1. The maximum atomic E-state index is 12.6. The summed E-state index contributed by atoms with van der Waals surface area (Å²) in [5.74, 6) is 0. The molecule has 6 heteroatoms. The summed E-state index contributed by atoms with van der Waals surface area (Å²) >= 11 is 0. The molecule has 20 heavy (non-hydrogen) atoms. The van der Waals surface area contributed by atoms with Crippen LogP contribution in [0, 0.1) is 0 Å². The van der Waals surface area contributed by atoms with E-state index in [-0.39, 0.29) is 0 Å². The lowest BCUT2D eigenvalue weighted by Gasteiger charge is -2.21. The first-order chi connectivity index (χ1) is 9.54. The van der Waals surface area contributed by atoms with Crippen molar-refractivity contribution < 1.29 is 8.42 Å². The molecular weight excluding hydrogens is 274 g/mol. The topological polar surface area (TPSA) is 55.2 Å². The van der Waals surface area contributed by atoms with E-state index in [2.05, 4.69) is 5.10 Å². The number of hydrogen-bond acceptors (Lipinski definition) is 3. The lowest BCUT2D eigenvalue weighted by molar-refractivity contribution is 0.405. The summed E-state index contributed by atoms with van der Waals surface area (Å²) in [4.78, 5) is 0.331. The lowest BCUT2D eigenvalue weighted by Crippen LogP contribution is -2.31. The van der Waals surface area contributed by atoms with Gasteiger partial charge in [0.1, 0.15) is 0 Å². The quantitative estimate of drug-likeness (QED) is 0.819. The van der Waals surface area contributed by atoms with Gasteiger partial charge in [-0.3, -0.25) is 4.68 Å². The van der Waals surface area contributed by atoms with Gasteiger partial charge in [0, 0.05) is 31.9 Å². The minimum absolute atomic E-state index is 0.331. The van der Waals surface area contributed by atoms with Crippen LogP contribution in [-0.4, -0.2) is 29.0 Å². The van der Waals surface area contributed by atoms with Crippen LogP contribution in [0.2, 0.25) is 0 Å². The van der Waals surface area contributed by atoms with Crippen molar-refractivity contribution >= 4 is 10.0 Å². The van der Waals surface area contributed by atoms with E-state index >= 15 is 0 Å². The zero-order valence-electron chi connectivity index (χ0n) is 11.7. The molecule has 0 fully saturated rings. The van der Waals surface area contributed by atoms with Gasteiger partial charge < -0.3 is 0 Å². The van der Waals surface area contributed by atoms with E-state index in [1.165, 1.54) is 4.31 Å². The van der Waals surface area contributed by atoms with Gasteiger partial charge in [-0.05, 0) is 18.6 Å². The highest BCUT2D eigenvalue weighted by molar-refractivity contribution is 7.89. The van der Waals surface area contributed by atoms with Crippen LogP contribution in [0.4, 0.5) is 0 Å². The fourth-order valence-electron chi connectivity index (χ4n) is 2.03. The van der Waals surface area contributed by atoms with E-state index in [0.717, 1.165) is 12.0 Å². The Kier molecular flexibility index (Phi) is 4.57. The van der Waals surface area contributed by atoms with Crippen molar-refractivity contribution in [3.8, 4) is 0 Å². The molecular formula is C14H19N3O2S. The standard InChI is InChI=1S/C14H19N3O2S/c1-3-9-17(12-13-10-15-16(2)11-13)20(18,19)14-7-5-4-6-8-14/h4-8,10-11H,3,9,12H2,1-2H3. The average molecular weight is 293 g/mol. The second-order valence-corrected chi connectivity index (χ2v) is 6.61. The molecule has 2 aromatic rings. The Labute approximate surface area is 119 Å². The summed E-state index contributed by atoms with van der Waals surface area (Å²) in [5, 5.41) is 4.08. The average Bonchev–Trinajstić information content (AvgIpc) is 2.85. The molecule has 5 nitrogen and oxygen atoms in total. The number of hydrogen-bond donors (Lipinski definition) is 0. The Morgan fingerprint density at radius 2 is 1.95 bits per heavy atom. The third-order valence-corrected chi connectivity index (χ3v) is 4.83. The zero-order valence-corrected chi connectivity index (χ0v) is 12.5. The van der Waals surface area contributed by atoms with Gasteiger partial charge in [0.2, 0.25) is 10.0 Å². The molecule has 0 radical (unpaired) electrons. The Morgan fingerprint density at radius 3 is 2.50 bits per heavy atom. The monoisotopic (exact) mass is 293 g/mol. The number of benzene rings is 1. The summed E-state index contributed by atoms with van der Waals surface area (Å²) in [5.41, 5.74) is 0.889. The molecule has 0 atom stereocenters. The highest BCUT2D eigenvalue weighted by Gasteiger charge is 2.23. The molecule has 1 aromatic heterocycles. The predicted octanol–water partition coefficient (Wildman–Crippen LogP) is 2.02. The van der Waals surface area contributed by atoms with Crippen molar-refractivity contribution in [3.05, 3.63) is 48.3 Å². The summed E-state index contributed by atoms with van der Waals surface area (Å²) < 4.78 is 28.4. The molecule has 0 N–H and O–H groups in total. The van der Waals surface area contributed by atoms with Crippen LogP contribution < -0.4 is 0 Å². The van der Waals surface area contributed by atoms with E-state index in [0.29, 0.717) is 18.0 Å². The molecule has 2 rings (SSSR count).